The van der Waals surface area contributed by atoms with Crippen LogP contribution < -0.4 is 0 Å². The number of hydrogen-bond donors (Lipinski definition) is 0. The second-order valence-electron chi connectivity index (χ2n) is 4.36. The summed E-state index contributed by atoms with van der Waals surface area (Å²) in [5, 5.41) is 1.08. The highest BCUT2D eigenvalue weighted by atomic mass is 16.1. The van der Waals surface area contributed by atoms with Crippen molar-refractivity contribution in [2.45, 2.75) is 0 Å². The van der Waals surface area contributed by atoms with Gasteiger partial charge in [-0.25, -0.2) is 4.98 Å². The summed E-state index contributed by atoms with van der Waals surface area (Å²) in [6.45, 7) is 3.63. The topological polar surface area (TPSA) is 42.3 Å². The van der Waals surface area contributed by atoms with Crippen molar-refractivity contribution in [1.82, 2.24) is 4.98 Å². The summed E-state index contributed by atoms with van der Waals surface area (Å²) in [6.07, 6.45) is 7.91. The summed E-state index contributed by atoms with van der Waals surface area (Å²) < 4.78 is 0. The third-order valence-corrected chi connectivity index (χ3v) is 2.93. The lowest BCUT2D eigenvalue weighted by molar-refractivity contribution is -0.111. The molecule has 0 aliphatic heterocycles. The first-order valence-electron chi connectivity index (χ1n) is 6.57. The highest BCUT2D eigenvalue weighted by Gasteiger charge is 2.01. The Hall–Kier alpha value is -2.81. The van der Waals surface area contributed by atoms with Crippen molar-refractivity contribution in [2.75, 3.05) is 7.05 Å². The predicted octanol–water partition coefficient (Wildman–Crippen LogP) is 3.63. The Morgan fingerprint density at radius 2 is 2.05 bits per heavy atom. The molecule has 2 aromatic rings. The number of nitrogens with zero attached hydrogens (tertiary/aromatic N) is 2. The van der Waals surface area contributed by atoms with Gasteiger partial charge in [-0.1, -0.05) is 36.9 Å². The van der Waals surface area contributed by atoms with Crippen LogP contribution in [0.2, 0.25) is 0 Å². The van der Waals surface area contributed by atoms with E-state index in [1.165, 1.54) is 12.2 Å². The first-order chi connectivity index (χ1) is 10.2. The number of rotatable bonds is 5. The monoisotopic (exact) mass is 276 g/mol. The number of allylic oxidation sites excluding steroid dienone is 4. The van der Waals surface area contributed by atoms with Crippen molar-refractivity contribution in [1.29, 1.82) is 0 Å². The average molecular weight is 276 g/mol. The van der Waals surface area contributed by atoms with E-state index in [2.05, 4.69) is 16.6 Å². The summed E-state index contributed by atoms with van der Waals surface area (Å²) in [7, 11) is 1.65. The molecule has 0 atom stereocenters. The van der Waals surface area contributed by atoms with Crippen LogP contribution in [0.15, 0.2) is 71.8 Å². The average Bonchev–Trinajstić information content (AvgIpc) is 2.53. The highest BCUT2D eigenvalue weighted by Crippen LogP contribution is 2.12. The number of fused-ring (bicyclic) bond motifs is 1. The Morgan fingerprint density at radius 3 is 2.81 bits per heavy atom. The van der Waals surface area contributed by atoms with E-state index in [4.69, 9.17) is 0 Å². The molecular weight excluding hydrogens is 260 g/mol. The number of aliphatic imine (C=N–C) groups is 1. The Bertz CT molecular complexity index is 755. The summed E-state index contributed by atoms with van der Waals surface area (Å²) in [5.41, 5.74) is 2.15. The van der Waals surface area contributed by atoms with Crippen molar-refractivity contribution in [3.8, 4) is 0 Å². The van der Waals surface area contributed by atoms with Gasteiger partial charge in [-0.2, -0.15) is 0 Å². The molecule has 3 nitrogen and oxygen atoms in total. The van der Waals surface area contributed by atoms with E-state index in [-0.39, 0.29) is 5.78 Å². The fourth-order valence-electron chi connectivity index (χ4n) is 1.84. The Kier molecular flexibility index (Phi) is 4.94. The number of carbonyl (C=O) groups excluding carboxylic acids is 1. The van der Waals surface area contributed by atoms with Crippen molar-refractivity contribution in [3.05, 3.63) is 72.5 Å². The maximum Gasteiger partial charge on any atom is 0.185 e. The highest BCUT2D eigenvalue weighted by molar-refractivity contribution is 6.10. The van der Waals surface area contributed by atoms with Crippen LogP contribution in [-0.4, -0.2) is 24.0 Å². The van der Waals surface area contributed by atoms with Gasteiger partial charge in [-0.3, -0.25) is 9.79 Å². The molecule has 0 amide bonds. The van der Waals surface area contributed by atoms with Crippen molar-refractivity contribution in [3.63, 3.8) is 0 Å². The van der Waals surface area contributed by atoms with Crippen LogP contribution in [0.3, 0.4) is 0 Å². The first-order valence-corrected chi connectivity index (χ1v) is 6.57. The fourth-order valence-corrected chi connectivity index (χ4v) is 1.84. The fraction of sp³-hybridized carbons (Fsp3) is 0.0556. The quantitative estimate of drug-likeness (QED) is 0.475. The summed E-state index contributed by atoms with van der Waals surface area (Å²) >= 11 is 0. The number of hydrogen-bond acceptors (Lipinski definition) is 3. The van der Waals surface area contributed by atoms with Crippen LogP contribution in [0.25, 0.3) is 17.0 Å². The van der Waals surface area contributed by atoms with E-state index in [0.717, 1.165) is 16.6 Å². The minimum Gasteiger partial charge on any atom is -0.296 e. The molecule has 0 spiro atoms. The standard InChI is InChI=1S/C18H16N2O/c1-3-14(12-13-19-2)18(21)11-10-16-9-8-15-6-4-5-7-17(15)20-16/h3-13H,1H2,2H3/b11-10+,14-12+,19-13?. The molecule has 0 aliphatic rings. The van der Waals surface area contributed by atoms with E-state index >= 15 is 0 Å². The van der Waals surface area contributed by atoms with Gasteiger partial charge in [0.15, 0.2) is 5.78 Å². The summed E-state index contributed by atoms with van der Waals surface area (Å²) in [4.78, 5) is 20.3. The van der Waals surface area contributed by atoms with Gasteiger partial charge in [0.05, 0.1) is 11.2 Å². The largest absolute Gasteiger partial charge is 0.296 e. The number of ketones is 1. The van der Waals surface area contributed by atoms with Gasteiger partial charge in [-0.15, -0.1) is 0 Å². The summed E-state index contributed by atoms with van der Waals surface area (Å²) in [5.74, 6) is -0.125. The second-order valence-corrected chi connectivity index (χ2v) is 4.36. The number of aromatic nitrogens is 1. The minimum atomic E-state index is -0.125. The zero-order valence-electron chi connectivity index (χ0n) is 11.9. The number of benzene rings is 1. The maximum absolute atomic E-state index is 12.0. The molecule has 0 aliphatic carbocycles. The van der Waals surface area contributed by atoms with Crippen molar-refractivity contribution >= 4 is 29.0 Å². The molecule has 0 saturated heterocycles. The van der Waals surface area contributed by atoms with Crippen LogP contribution in [0.5, 0.6) is 0 Å². The van der Waals surface area contributed by atoms with Crippen LogP contribution in [-0.2, 0) is 4.79 Å². The van der Waals surface area contributed by atoms with Gasteiger partial charge in [0.1, 0.15) is 0 Å². The molecule has 1 heterocycles. The summed E-state index contributed by atoms with van der Waals surface area (Å²) in [6, 6.07) is 11.7. The molecule has 0 bridgehead atoms. The van der Waals surface area contributed by atoms with Crippen molar-refractivity contribution < 1.29 is 4.79 Å². The maximum atomic E-state index is 12.0. The normalized spacial score (nSPS) is 12.3. The van der Waals surface area contributed by atoms with E-state index in [9.17, 15) is 4.79 Å². The Balaban J connectivity index is 2.22. The predicted molar refractivity (Wildman–Crippen MR) is 88.5 cm³/mol. The zero-order chi connectivity index (χ0) is 15.1. The zero-order valence-corrected chi connectivity index (χ0v) is 11.9. The van der Waals surface area contributed by atoms with Crippen LogP contribution in [0.1, 0.15) is 5.69 Å². The molecule has 1 aromatic heterocycles. The molecule has 0 N–H and O–H groups in total. The van der Waals surface area contributed by atoms with E-state index in [1.54, 1.807) is 25.4 Å². The third kappa shape index (κ3) is 3.83. The van der Waals surface area contributed by atoms with Crippen LogP contribution >= 0.6 is 0 Å². The lowest BCUT2D eigenvalue weighted by Gasteiger charge is -1.98. The van der Waals surface area contributed by atoms with Gasteiger partial charge in [0.2, 0.25) is 0 Å². The minimum absolute atomic E-state index is 0.125. The molecule has 0 fully saturated rings. The van der Waals surface area contributed by atoms with Crippen LogP contribution in [0, 0.1) is 0 Å². The van der Waals surface area contributed by atoms with Crippen molar-refractivity contribution in [2.24, 2.45) is 4.99 Å². The van der Waals surface area contributed by atoms with E-state index < -0.39 is 0 Å². The molecule has 0 unspecified atom stereocenters. The lowest BCUT2D eigenvalue weighted by atomic mass is 10.1. The van der Waals surface area contributed by atoms with Gasteiger partial charge in [0, 0.05) is 24.2 Å². The molecule has 0 saturated carbocycles. The van der Waals surface area contributed by atoms with Gasteiger partial charge < -0.3 is 0 Å². The number of carbonyl (C=O) groups is 1. The Morgan fingerprint density at radius 1 is 1.24 bits per heavy atom. The van der Waals surface area contributed by atoms with Gasteiger partial charge in [0.25, 0.3) is 0 Å². The van der Waals surface area contributed by atoms with E-state index in [0.29, 0.717) is 5.57 Å². The molecule has 21 heavy (non-hydrogen) atoms. The molecule has 1 aromatic carbocycles. The molecular formula is C18H16N2O. The first kappa shape index (κ1) is 14.6. The van der Waals surface area contributed by atoms with E-state index in [1.807, 2.05) is 36.4 Å². The lowest BCUT2D eigenvalue weighted by Crippen LogP contribution is -1.96. The smallest absolute Gasteiger partial charge is 0.185 e. The van der Waals surface area contributed by atoms with Crippen LogP contribution in [0.4, 0.5) is 0 Å². The molecule has 3 heteroatoms. The molecule has 2 rings (SSSR count). The van der Waals surface area contributed by atoms with Gasteiger partial charge >= 0.3 is 0 Å². The second kappa shape index (κ2) is 7.10. The number of pyridine rings is 1. The molecule has 104 valence electrons. The SMILES string of the molecule is C=C/C(=C\C=NC)C(=O)/C=C/c1ccc2ccccc2n1. The Labute approximate surface area is 124 Å². The molecule has 0 radical (unpaired) electrons. The number of para-hydroxylation sites is 1. The third-order valence-electron chi connectivity index (χ3n) is 2.93. The van der Waals surface area contributed by atoms with Gasteiger partial charge in [-0.05, 0) is 30.4 Å².